The first-order valence-corrected chi connectivity index (χ1v) is 13.5. The van der Waals surface area contributed by atoms with Gasteiger partial charge in [-0.1, -0.05) is 44.0 Å². The van der Waals surface area contributed by atoms with Crippen LogP contribution in [-0.2, 0) is 11.4 Å². The van der Waals surface area contributed by atoms with Gasteiger partial charge < -0.3 is 14.2 Å². The number of thioether (sulfide) groups is 1. The number of rotatable bonds is 8. The van der Waals surface area contributed by atoms with Crippen molar-refractivity contribution in [2.75, 3.05) is 20.8 Å². The third-order valence-corrected chi connectivity index (χ3v) is 7.60. The number of carbonyl (C=O) groups is 1. The van der Waals surface area contributed by atoms with E-state index in [1.165, 1.54) is 11.8 Å². The Kier molecular flexibility index (Phi) is 8.77. The normalized spacial score (nSPS) is 15.6. The fraction of sp³-hybridized carbons (Fsp3) is 0.185. The summed E-state index contributed by atoms with van der Waals surface area (Å²) < 4.78 is 18.6. The van der Waals surface area contributed by atoms with Crippen LogP contribution < -0.4 is 14.2 Å². The smallest absolute Gasteiger partial charge is 0.266 e. The number of methoxy groups -OCH3 is 2. The molecule has 1 saturated heterocycles. The summed E-state index contributed by atoms with van der Waals surface area (Å²) in [5.41, 5.74) is 2.60. The second-order valence-corrected chi connectivity index (χ2v) is 10.5. The minimum absolute atomic E-state index is 0.0869. The number of halogens is 2. The fourth-order valence-electron chi connectivity index (χ4n) is 3.45. The first-order chi connectivity index (χ1) is 17.4. The molecule has 6 nitrogen and oxygen atoms in total. The summed E-state index contributed by atoms with van der Waals surface area (Å²) in [5, 5.41) is 0.636. The summed E-state index contributed by atoms with van der Waals surface area (Å²) in [6, 6.07) is 19.1. The van der Waals surface area contributed by atoms with Crippen molar-refractivity contribution >= 4 is 66.5 Å². The Bertz CT molecular complexity index is 1310. The van der Waals surface area contributed by atoms with E-state index in [1.807, 2.05) is 73.7 Å². The largest absolute Gasteiger partial charge is 0.497 e. The highest BCUT2D eigenvalue weighted by Gasteiger charge is 2.32. The molecule has 1 aliphatic heterocycles. The molecular weight excluding hydrogens is 608 g/mol. The highest BCUT2D eigenvalue weighted by atomic mass is 79.9. The summed E-state index contributed by atoms with van der Waals surface area (Å²) in [4.78, 5) is 20.1. The van der Waals surface area contributed by atoms with Crippen molar-refractivity contribution in [3.05, 3.63) is 85.6 Å². The lowest BCUT2D eigenvalue weighted by atomic mass is 10.1. The minimum Gasteiger partial charge on any atom is -0.497 e. The molecule has 1 amide bonds. The molecule has 36 heavy (non-hydrogen) atoms. The quantitative estimate of drug-likeness (QED) is 0.242. The maximum Gasteiger partial charge on any atom is 0.266 e. The highest BCUT2D eigenvalue weighted by Crippen LogP contribution is 2.39. The van der Waals surface area contributed by atoms with Gasteiger partial charge in [-0.15, -0.1) is 0 Å². The van der Waals surface area contributed by atoms with E-state index in [2.05, 4.69) is 36.9 Å². The Labute approximate surface area is 231 Å². The summed E-state index contributed by atoms with van der Waals surface area (Å²) >= 11 is 8.41. The lowest BCUT2D eigenvalue weighted by Gasteiger charge is -2.13. The van der Waals surface area contributed by atoms with Crippen LogP contribution in [0.25, 0.3) is 6.08 Å². The summed E-state index contributed by atoms with van der Waals surface area (Å²) in [7, 11) is 3.22. The summed E-state index contributed by atoms with van der Waals surface area (Å²) in [6.07, 6.45) is 1.84. The number of carbonyl (C=O) groups excluding carboxylic acids is 1. The molecule has 4 rings (SSSR count). The molecule has 0 N–H and O–H groups in total. The molecule has 3 aromatic carbocycles. The Hall–Kier alpha value is -2.75. The maximum atomic E-state index is 13.1. The molecule has 0 aromatic heterocycles. The van der Waals surface area contributed by atoms with E-state index in [1.54, 1.807) is 19.1 Å². The van der Waals surface area contributed by atoms with Crippen LogP contribution in [0.15, 0.2) is 79.5 Å². The van der Waals surface area contributed by atoms with Crippen LogP contribution in [0.5, 0.6) is 17.2 Å². The van der Waals surface area contributed by atoms with E-state index >= 15 is 0 Å². The van der Waals surface area contributed by atoms with Crippen molar-refractivity contribution in [3.63, 3.8) is 0 Å². The zero-order valence-electron chi connectivity index (χ0n) is 20.0. The van der Waals surface area contributed by atoms with Crippen molar-refractivity contribution in [2.24, 2.45) is 4.99 Å². The maximum absolute atomic E-state index is 13.1. The zero-order chi connectivity index (χ0) is 25.7. The Morgan fingerprint density at radius 2 is 1.69 bits per heavy atom. The number of nitrogens with zero attached hydrogens (tertiary/aromatic N) is 2. The van der Waals surface area contributed by atoms with E-state index in [-0.39, 0.29) is 5.91 Å². The molecule has 1 fully saturated rings. The Morgan fingerprint density at radius 3 is 2.33 bits per heavy atom. The number of ether oxygens (including phenoxy) is 3. The van der Waals surface area contributed by atoms with Crippen LogP contribution in [0.4, 0.5) is 5.69 Å². The third kappa shape index (κ3) is 6.14. The number of likely N-dealkylation sites (N-methyl/N-ethyl adjacent to an activating group) is 1. The van der Waals surface area contributed by atoms with E-state index < -0.39 is 0 Å². The molecule has 0 aliphatic carbocycles. The number of benzene rings is 3. The van der Waals surface area contributed by atoms with E-state index in [0.717, 1.165) is 31.5 Å². The minimum atomic E-state index is -0.0869. The monoisotopic (exact) mass is 630 g/mol. The number of hydrogen-bond donors (Lipinski definition) is 0. The van der Waals surface area contributed by atoms with Gasteiger partial charge in [-0.3, -0.25) is 9.69 Å². The SMILES string of the molecule is CCN1C(=O)/C(=C\c2cc(OC)c(OCc3ccc(Br)cc3)cc2Br)SC1=Nc1ccc(OC)cc1. The Morgan fingerprint density at radius 1 is 0.972 bits per heavy atom. The first kappa shape index (κ1) is 26.3. The van der Waals surface area contributed by atoms with Crippen LogP contribution in [0.3, 0.4) is 0 Å². The van der Waals surface area contributed by atoms with Crippen molar-refractivity contribution < 1.29 is 19.0 Å². The van der Waals surface area contributed by atoms with Gasteiger partial charge in [0.2, 0.25) is 0 Å². The predicted octanol–water partition coefficient (Wildman–Crippen LogP) is 7.43. The first-order valence-electron chi connectivity index (χ1n) is 11.1. The zero-order valence-corrected chi connectivity index (χ0v) is 23.9. The molecule has 3 aromatic rings. The molecule has 0 spiro atoms. The van der Waals surface area contributed by atoms with Crippen LogP contribution in [0.1, 0.15) is 18.1 Å². The molecule has 186 valence electrons. The Balaban J connectivity index is 1.57. The van der Waals surface area contributed by atoms with Gasteiger partial charge in [0.25, 0.3) is 5.91 Å². The number of amidine groups is 1. The van der Waals surface area contributed by atoms with Gasteiger partial charge in [-0.2, -0.15) is 0 Å². The molecule has 1 aliphatic rings. The topological polar surface area (TPSA) is 60.4 Å². The second kappa shape index (κ2) is 12.0. The van der Waals surface area contributed by atoms with Crippen LogP contribution >= 0.6 is 43.6 Å². The molecule has 0 bridgehead atoms. The molecule has 0 saturated carbocycles. The molecule has 0 unspecified atom stereocenters. The van der Waals surface area contributed by atoms with Gasteiger partial charge in [-0.25, -0.2) is 4.99 Å². The molecule has 1 heterocycles. The van der Waals surface area contributed by atoms with Gasteiger partial charge in [0.15, 0.2) is 16.7 Å². The van der Waals surface area contributed by atoms with E-state index in [0.29, 0.717) is 34.7 Å². The molecular formula is C27H24Br2N2O4S. The van der Waals surface area contributed by atoms with Gasteiger partial charge in [-0.05, 0) is 84.4 Å². The van der Waals surface area contributed by atoms with Gasteiger partial charge in [0, 0.05) is 15.5 Å². The fourth-order valence-corrected chi connectivity index (χ4v) is 5.21. The third-order valence-electron chi connectivity index (χ3n) is 5.38. The number of aliphatic imine (C=N–C) groups is 1. The lowest BCUT2D eigenvalue weighted by Crippen LogP contribution is -2.28. The van der Waals surface area contributed by atoms with Crippen molar-refractivity contribution in [3.8, 4) is 17.2 Å². The standard InChI is InChI=1S/C27H24Br2N2O4S/c1-4-31-26(32)25(36-27(31)30-20-9-11-21(33-2)12-10-20)14-18-13-23(34-3)24(15-22(18)29)35-16-17-5-7-19(28)8-6-17/h5-15H,4,16H2,1-3H3/b25-14+,30-27?. The number of hydrogen-bond acceptors (Lipinski definition) is 6. The van der Waals surface area contributed by atoms with Crippen LogP contribution in [0, 0.1) is 0 Å². The van der Waals surface area contributed by atoms with E-state index in [9.17, 15) is 4.79 Å². The molecule has 0 radical (unpaired) electrons. The predicted molar refractivity (Wildman–Crippen MR) is 152 cm³/mol. The lowest BCUT2D eigenvalue weighted by molar-refractivity contribution is -0.122. The second-order valence-electron chi connectivity index (χ2n) is 7.69. The van der Waals surface area contributed by atoms with Gasteiger partial charge in [0.1, 0.15) is 12.4 Å². The average Bonchev–Trinajstić information content (AvgIpc) is 3.18. The number of amides is 1. The van der Waals surface area contributed by atoms with Gasteiger partial charge in [0.05, 0.1) is 24.8 Å². The summed E-state index contributed by atoms with van der Waals surface area (Å²) in [6.45, 7) is 2.86. The molecule has 9 heteroatoms. The van der Waals surface area contributed by atoms with Crippen molar-refractivity contribution in [1.82, 2.24) is 4.90 Å². The summed E-state index contributed by atoms with van der Waals surface area (Å²) in [5.74, 6) is 1.86. The molecule has 0 atom stereocenters. The van der Waals surface area contributed by atoms with Crippen molar-refractivity contribution in [2.45, 2.75) is 13.5 Å². The van der Waals surface area contributed by atoms with E-state index in [4.69, 9.17) is 14.2 Å². The van der Waals surface area contributed by atoms with Crippen LogP contribution in [0.2, 0.25) is 0 Å². The highest BCUT2D eigenvalue weighted by molar-refractivity contribution is 9.10. The van der Waals surface area contributed by atoms with Gasteiger partial charge >= 0.3 is 0 Å². The average molecular weight is 632 g/mol. The van der Waals surface area contributed by atoms with Crippen molar-refractivity contribution in [1.29, 1.82) is 0 Å². The van der Waals surface area contributed by atoms with Crippen LogP contribution in [-0.4, -0.2) is 36.7 Å².